The highest BCUT2D eigenvalue weighted by atomic mass is 35.5. The lowest BCUT2D eigenvalue weighted by atomic mass is 10.2. The minimum Gasteiger partial charge on any atom is -0.490 e. The normalized spacial score (nSPS) is 18.5. The van der Waals surface area contributed by atoms with Crippen molar-refractivity contribution in [3.63, 3.8) is 0 Å². The zero-order valence-corrected chi connectivity index (χ0v) is 15.1. The van der Waals surface area contributed by atoms with Crippen LogP contribution >= 0.6 is 46.4 Å². The third kappa shape index (κ3) is 4.39. The standard InChI is InChI=1S/C17H14Cl4O2/c18-14-6-13(22-9-11-4-2-1-3-5-11)7-15(19)16(14)23-10-12-8-17(12,20)21/h1-7,12H,8-10H2. The summed E-state index contributed by atoms with van der Waals surface area (Å²) in [5.74, 6) is 1.12. The van der Waals surface area contributed by atoms with Crippen LogP contribution in [0.2, 0.25) is 10.0 Å². The van der Waals surface area contributed by atoms with Crippen molar-refractivity contribution in [2.45, 2.75) is 17.4 Å². The molecule has 0 bridgehead atoms. The quantitative estimate of drug-likeness (QED) is 0.550. The lowest BCUT2D eigenvalue weighted by Crippen LogP contribution is -2.05. The van der Waals surface area contributed by atoms with Gasteiger partial charge in [0.05, 0.1) is 16.7 Å². The van der Waals surface area contributed by atoms with E-state index in [1.165, 1.54) is 0 Å². The molecular formula is C17H14Cl4O2. The number of benzene rings is 2. The second-order valence-corrected chi connectivity index (χ2v) is 7.82. The summed E-state index contributed by atoms with van der Waals surface area (Å²) in [5.41, 5.74) is 1.06. The summed E-state index contributed by atoms with van der Waals surface area (Å²) >= 11 is 24.4. The van der Waals surface area contributed by atoms with Crippen molar-refractivity contribution < 1.29 is 9.47 Å². The van der Waals surface area contributed by atoms with Crippen LogP contribution in [-0.2, 0) is 6.61 Å². The van der Waals surface area contributed by atoms with Crippen molar-refractivity contribution in [3.05, 3.63) is 58.1 Å². The highest BCUT2D eigenvalue weighted by molar-refractivity contribution is 6.50. The van der Waals surface area contributed by atoms with E-state index in [1.807, 2.05) is 30.3 Å². The molecule has 1 fully saturated rings. The van der Waals surface area contributed by atoms with Crippen LogP contribution in [0.5, 0.6) is 11.5 Å². The van der Waals surface area contributed by atoms with Gasteiger partial charge in [-0.05, 0) is 12.0 Å². The van der Waals surface area contributed by atoms with Gasteiger partial charge in [-0.1, -0.05) is 53.5 Å². The van der Waals surface area contributed by atoms with Crippen LogP contribution in [0.3, 0.4) is 0 Å². The van der Waals surface area contributed by atoms with E-state index in [9.17, 15) is 0 Å². The fourth-order valence-electron chi connectivity index (χ4n) is 2.13. The van der Waals surface area contributed by atoms with Crippen molar-refractivity contribution in [2.24, 2.45) is 5.92 Å². The van der Waals surface area contributed by atoms with E-state index in [2.05, 4.69) is 0 Å². The molecule has 6 heteroatoms. The molecule has 0 spiro atoms. The first-order chi connectivity index (χ1) is 11.0. The molecule has 0 radical (unpaired) electrons. The Kier molecular flexibility index (Phi) is 5.17. The first-order valence-electron chi connectivity index (χ1n) is 7.12. The Bertz CT molecular complexity index is 665. The third-order valence-corrected chi connectivity index (χ3v) is 5.09. The van der Waals surface area contributed by atoms with Crippen molar-refractivity contribution in [1.82, 2.24) is 0 Å². The van der Waals surface area contributed by atoms with Gasteiger partial charge < -0.3 is 9.47 Å². The summed E-state index contributed by atoms with van der Waals surface area (Å²) in [7, 11) is 0. The molecule has 0 saturated heterocycles. The predicted molar refractivity (Wildman–Crippen MR) is 95.3 cm³/mol. The molecule has 3 rings (SSSR count). The molecule has 1 unspecified atom stereocenters. The zero-order chi connectivity index (χ0) is 16.4. The van der Waals surface area contributed by atoms with Gasteiger partial charge >= 0.3 is 0 Å². The molecular weight excluding hydrogens is 378 g/mol. The fourth-order valence-corrected chi connectivity index (χ4v) is 3.21. The molecule has 0 amide bonds. The smallest absolute Gasteiger partial charge is 0.156 e. The van der Waals surface area contributed by atoms with E-state index in [0.717, 1.165) is 5.56 Å². The maximum Gasteiger partial charge on any atom is 0.156 e. The summed E-state index contributed by atoms with van der Waals surface area (Å²) in [6.07, 6.45) is 0.712. The highest BCUT2D eigenvalue weighted by Crippen LogP contribution is 2.53. The molecule has 2 aromatic rings. The van der Waals surface area contributed by atoms with E-state index < -0.39 is 4.33 Å². The van der Waals surface area contributed by atoms with E-state index >= 15 is 0 Å². The fraction of sp³-hybridized carbons (Fsp3) is 0.294. The Hall–Kier alpha value is -0.800. The molecule has 122 valence electrons. The Labute approximate surface area is 155 Å². The first-order valence-corrected chi connectivity index (χ1v) is 8.63. The van der Waals surface area contributed by atoms with Gasteiger partial charge in [-0.3, -0.25) is 0 Å². The molecule has 1 saturated carbocycles. The van der Waals surface area contributed by atoms with Gasteiger partial charge in [-0.25, -0.2) is 0 Å². The summed E-state index contributed by atoms with van der Waals surface area (Å²) in [5, 5.41) is 0.798. The van der Waals surface area contributed by atoms with E-state index in [-0.39, 0.29) is 5.92 Å². The van der Waals surface area contributed by atoms with Crippen LogP contribution in [0, 0.1) is 5.92 Å². The van der Waals surface area contributed by atoms with E-state index in [4.69, 9.17) is 55.9 Å². The number of hydrogen-bond acceptors (Lipinski definition) is 2. The van der Waals surface area contributed by atoms with E-state index in [0.29, 0.717) is 41.2 Å². The summed E-state index contributed by atoms with van der Waals surface area (Å²) in [6, 6.07) is 13.2. The number of hydrogen-bond donors (Lipinski definition) is 0. The molecule has 0 N–H and O–H groups in total. The van der Waals surface area contributed by atoms with Gasteiger partial charge in [-0.15, -0.1) is 23.2 Å². The molecule has 23 heavy (non-hydrogen) atoms. The van der Waals surface area contributed by atoms with Gasteiger partial charge in [0.2, 0.25) is 0 Å². The largest absolute Gasteiger partial charge is 0.490 e. The van der Waals surface area contributed by atoms with Crippen LogP contribution < -0.4 is 9.47 Å². The lowest BCUT2D eigenvalue weighted by Gasteiger charge is -2.13. The Morgan fingerprint density at radius 2 is 1.61 bits per heavy atom. The minimum absolute atomic E-state index is 0.104. The van der Waals surface area contributed by atoms with Gasteiger partial charge in [0.15, 0.2) is 5.75 Å². The summed E-state index contributed by atoms with van der Waals surface area (Å²) in [4.78, 5) is 0. The molecule has 1 aliphatic carbocycles. The van der Waals surface area contributed by atoms with Crippen LogP contribution in [0.4, 0.5) is 0 Å². The second-order valence-electron chi connectivity index (χ2n) is 5.46. The maximum atomic E-state index is 6.24. The monoisotopic (exact) mass is 390 g/mol. The van der Waals surface area contributed by atoms with Crippen molar-refractivity contribution in [1.29, 1.82) is 0 Å². The number of ether oxygens (including phenoxy) is 2. The van der Waals surface area contributed by atoms with Crippen molar-refractivity contribution in [3.8, 4) is 11.5 Å². The average Bonchev–Trinajstić information content (AvgIpc) is 3.12. The Balaban J connectivity index is 1.63. The van der Waals surface area contributed by atoms with E-state index in [1.54, 1.807) is 12.1 Å². The summed E-state index contributed by atoms with van der Waals surface area (Å²) in [6.45, 7) is 0.827. The Morgan fingerprint density at radius 1 is 1.00 bits per heavy atom. The van der Waals surface area contributed by atoms with Crippen LogP contribution in [0.1, 0.15) is 12.0 Å². The minimum atomic E-state index is -0.683. The van der Waals surface area contributed by atoms with Gasteiger partial charge in [-0.2, -0.15) is 0 Å². The van der Waals surface area contributed by atoms with Crippen LogP contribution in [0.25, 0.3) is 0 Å². The predicted octanol–water partition coefficient (Wildman–Crippen LogP) is 6.15. The molecule has 2 aromatic carbocycles. The zero-order valence-electron chi connectivity index (χ0n) is 12.1. The van der Waals surface area contributed by atoms with Gasteiger partial charge in [0.1, 0.15) is 16.7 Å². The molecule has 1 atom stereocenters. The van der Waals surface area contributed by atoms with Crippen LogP contribution in [-0.4, -0.2) is 10.9 Å². The first kappa shape index (κ1) is 17.0. The molecule has 0 aliphatic heterocycles. The van der Waals surface area contributed by atoms with Gasteiger partial charge in [0.25, 0.3) is 0 Å². The number of halogens is 4. The maximum absolute atomic E-state index is 6.24. The lowest BCUT2D eigenvalue weighted by molar-refractivity contribution is 0.293. The highest BCUT2D eigenvalue weighted by Gasteiger charge is 2.52. The molecule has 1 aliphatic rings. The number of alkyl halides is 2. The number of rotatable bonds is 6. The average molecular weight is 392 g/mol. The molecule has 0 aromatic heterocycles. The third-order valence-electron chi connectivity index (χ3n) is 3.60. The van der Waals surface area contributed by atoms with Crippen molar-refractivity contribution >= 4 is 46.4 Å². The second kappa shape index (κ2) is 6.98. The summed E-state index contributed by atoms with van der Waals surface area (Å²) < 4.78 is 10.7. The topological polar surface area (TPSA) is 18.5 Å². The SMILES string of the molecule is Clc1cc(OCc2ccccc2)cc(Cl)c1OCC1CC1(Cl)Cl. The molecule has 0 heterocycles. The molecule has 2 nitrogen and oxygen atoms in total. The Morgan fingerprint density at radius 3 is 2.17 bits per heavy atom. The van der Waals surface area contributed by atoms with Gasteiger partial charge in [0, 0.05) is 18.1 Å². The van der Waals surface area contributed by atoms with Crippen LogP contribution in [0.15, 0.2) is 42.5 Å². The van der Waals surface area contributed by atoms with Crippen molar-refractivity contribution in [2.75, 3.05) is 6.61 Å².